The molecule has 0 aromatic rings. The maximum Gasteiger partial charge on any atom is 0.110 e. The zero-order valence-corrected chi connectivity index (χ0v) is 10.1. The van der Waals surface area contributed by atoms with Crippen molar-refractivity contribution in [1.29, 1.82) is 0 Å². The lowest BCUT2D eigenvalue weighted by atomic mass is 9.84. The van der Waals surface area contributed by atoms with Crippen molar-refractivity contribution in [3.63, 3.8) is 0 Å². The second-order valence-corrected chi connectivity index (χ2v) is 7.62. The van der Waals surface area contributed by atoms with Crippen LogP contribution in [0.4, 0.5) is 0 Å². The lowest BCUT2D eigenvalue weighted by Gasteiger charge is -2.22. The number of hydrogen-bond acceptors (Lipinski definition) is 1. The molecule has 1 saturated heterocycles. The van der Waals surface area contributed by atoms with E-state index in [1.54, 1.807) is 4.91 Å². The molecule has 0 N–H and O–H groups in total. The Hall–Kier alpha value is 0.310. The van der Waals surface area contributed by atoms with Gasteiger partial charge >= 0.3 is 0 Å². The first-order valence-corrected chi connectivity index (χ1v) is 5.84. The van der Waals surface area contributed by atoms with Crippen molar-refractivity contribution in [3.05, 3.63) is 22.6 Å². The van der Waals surface area contributed by atoms with Crippen LogP contribution in [-0.2, 0) is 0 Å². The molecular formula is C10H13BrS. The third-order valence-corrected chi connectivity index (χ3v) is 5.01. The fourth-order valence-electron chi connectivity index (χ4n) is 1.52. The topological polar surface area (TPSA) is 0 Å². The normalized spacial score (nSPS) is 33.7. The Labute approximate surface area is 86.6 Å². The second-order valence-electron chi connectivity index (χ2n) is 4.43. The van der Waals surface area contributed by atoms with Gasteiger partial charge in [-0.05, 0) is 17.4 Å². The summed E-state index contributed by atoms with van der Waals surface area (Å²) in [5.41, 5.74) is 1.81. The van der Waals surface area contributed by atoms with E-state index >= 15 is 0 Å². The number of fused-ring (bicyclic) bond motifs is 1. The quantitative estimate of drug-likeness (QED) is 0.457. The van der Waals surface area contributed by atoms with Crippen molar-refractivity contribution in [2.75, 3.05) is 0 Å². The molecule has 0 bridgehead atoms. The SMILES string of the molecule is CC(C)(C)C1=C2S[C@@]2(Br)CC=C1. The third kappa shape index (κ3) is 1.29. The molecule has 1 fully saturated rings. The van der Waals surface area contributed by atoms with Gasteiger partial charge in [-0.3, -0.25) is 0 Å². The molecule has 1 heterocycles. The average Bonchev–Trinajstić information content (AvgIpc) is 2.56. The van der Waals surface area contributed by atoms with Gasteiger partial charge in [0.1, 0.15) is 3.66 Å². The summed E-state index contributed by atoms with van der Waals surface area (Å²) in [6.07, 6.45) is 5.71. The molecule has 1 aliphatic carbocycles. The largest absolute Gasteiger partial charge is 0.110 e. The number of alkyl halides is 1. The van der Waals surface area contributed by atoms with Gasteiger partial charge < -0.3 is 0 Å². The van der Waals surface area contributed by atoms with E-state index in [0.717, 1.165) is 6.42 Å². The average molecular weight is 245 g/mol. The lowest BCUT2D eigenvalue weighted by Crippen LogP contribution is -2.11. The summed E-state index contributed by atoms with van der Waals surface area (Å²) in [7, 11) is 0. The van der Waals surface area contributed by atoms with Crippen molar-refractivity contribution in [2.45, 2.75) is 30.8 Å². The first kappa shape index (κ1) is 8.89. The molecule has 0 radical (unpaired) electrons. The smallest absolute Gasteiger partial charge is 0.104 e. The van der Waals surface area contributed by atoms with Gasteiger partial charge in [-0.25, -0.2) is 0 Å². The molecule has 0 spiro atoms. The van der Waals surface area contributed by atoms with E-state index in [0.29, 0.717) is 9.07 Å². The Morgan fingerprint density at radius 3 is 2.67 bits per heavy atom. The molecule has 0 amide bonds. The van der Waals surface area contributed by atoms with E-state index in [2.05, 4.69) is 48.9 Å². The van der Waals surface area contributed by atoms with E-state index in [9.17, 15) is 0 Å². The van der Waals surface area contributed by atoms with Gasteiger partial charge in [-0.2, -0.15) is 0 Å². The minimum atomic E-state index is 0.296. The molecule has 2 aliphatic rings. The first-order valence-electron chi connectivity index (χ1n) is 4.23. The maximum atomic E-state index is 3.75. The summed E-state index contributed by atoms with van der Waals surface area (Å²) in [5, 5.41) is 0. The third-order valence-electron chi connectivity index (χ3n) is 2.28. The number of rotatable bonds is 0. The molecule has 2 heteroatoms. The van der Waals surface area contributed by atoms with Crippen LogP contribution in [0, 0.1) is 5.41 Å². The minimum Gasteiger partial charge on any atom is -0.104 e. The fourth-order valence-corrected chi connectivity index (χ4v) is 3.54. The predicted octanol–water partition coefficient (Wildman–Crippen LogP) is 4.08. The monoisotopic (exact) mass is 244 g/mol. The van der Waals surface area contributed by atoms with E-state index in [1.165, 1.54) is 5.57 Å². The molecule has 12 heavy (non-hydrogen) atoms. The highest BCUT2D eigenvalue weighted by atomic mass is 79.9. The summed E-state index contributed by atoms with van der Waals surface area (Å²) < 4.78 is 0.296. The Balaban J connectivity index is 2.39. The van der Waals surface area contributed by atoms with Crippen molar-refractivity contribution in [1.82, 2.24) is 0 Å². The molecule has 0 saturated carbocycles. The van der Waals surface area contributed by atoms with Crippen LogP contribution < -0.4 is 0 Å². The lowest BCUT2D eigenvalue weighted by molar-refractivity contribution is 0.513. The van der Waals surface area contributed by atoms with Gasteiger partial charge in [-0.15, -0.1) is 11.8 Å². The van der Waals surface area contributed by atoms with Gasteiger partial charge in [0.2, 0.25) is 0 Å². The maximum absolute atomic E-state index is 3.75. The van der Waals surface area contributed by atoms with E-state index in [4.69, 9.17) is 0 Å². The summed E-state index contributed by atoms with van der Waals surface area (Å²) in [5.74, 6) is 0. The minimum absolute atomic E-state index is 0.296. The summed E-state index contributed by atoms with van der Waals surface area (Å²) in [4.78, 5) is 1.55. The molecule has 66 valence electrons. The van der Waals surface area contributed by atoms with Crippen LogP contribution in [0.25, 0.3) is 0 Å². The highest BCUT2D eigenvalue weighted by Gasteiger charge is 2.51. The second kappa shape index (κ2) is 2.42. The van der Waals surface area contributed by atoms with E-state index in [-0.39, 0.29) is 0 Å². The molecule has 1 atom stereocenters. The summed E-state index contributed by atoms with van der Waals surface area (Å²) in [6.45, 7) is 6.83. The molecule has 0 aromatic carbocycles. The summed E-state index contributed by atoms with van der Waals surface area (Å²) >= 11 is 5.72. The molecular weight excluding hydrogens is 232 g/mol. The predicted molar refractivity (Wildman–Crippen MR) is 59.5 cm³/mol. The van der Waals surface area contributed by atoms with Crippen LogP contribution in [0.15, 0.2) is 22.6 Å². The fraction of sp³-hybridized carbons (Fsp3) is 0.600. The van der Waals surface area contributed by atoms with Crippen molar-refractivity contribution < 1.29 is 0 Å². The molecule has 1 aliphatic heterocycles. The van der Waals surface area contributed by atoms with Gasteiger partial charge in [0.05, 0.1) is 0 Å². The number of thioether (sulfide) groups is 1. The Morgan fingerprint density at radius 1 is 1.50 bits per heavy atom. The van der Waals surface area contributed by atoms with Gasteiger partial charge in [0.25, 0.3) is 0 Å². The van der Waals surface area contributed by atoms with Crippen LogP contribution in [0.1, 0.15) is 27.2 Å². The highest BCUT2D eigenvalue weighted by molar-refractivity contribution is 9.13. The van der Waals surface area contributed by atoms with Crippen LogP contribution in [-0.4, -0.2) is 3.66 Å². The standard InChI is InChI=1S/C10H13BrS/c1-9(2,3)7-5-4-6-10(11)8(7)12-10/h4-5H,6H2,1-3H3/t10-/m0/s1. The number of allylic oxidation sites excluding steroid dienone is 3. The van der Waals surface area contributed by atoms with Crippen molar-refractivity contribution in [2.24, 2.45) is 5.41 Å². The van der Waals surface area contributed by atoms with E-state index < -0.39 is 0 Å². The Bertz CT molecular complexity index is 283. The zero-order chi connectivity index (χ0) is 8.98. The zero-order valence-electron chi connectivity index (χ0n) is 7.65. The van der Waals surface area contributed by atoms with E-state index in [1.807, 2.05) is 11.8 Å². The molecule has 0 nitrogen and oxygen atoms in total. The first-order chi connectivity index (χ1) is 5.43. The molecule has 0 unspecified atom stereocenters. The molecule has 0 aromatic heterocycles. The van der Waals surface area contributed by atoms with Crippen LogP contribution >= 0.6 is 27.7 Å². The van der Waals surface area contributed by atoms with Gasteiger partial charge in [0.15, 0.2) is 0 Å². The van der Waals surface area contributed by atoms with Crippen LogP contribution in [0.5, 0.6) is 0 Å². The van der Waals surface area contributed by atoms with Crippen LogP contribution in [0.3, 0.4) is 0 Å². The number of hydrogen-bond donors (Lipinski definition) is 0. The Kier molecular flexibility index (Phi) is 1.79. The van der Waals surface area contributed by atoms with Gasteiger partial charge in [0, 0.05) is 4.91 Å². The summed E-state index contributed by atoms with van der Waals surface area (Å²) in [6, 6.07) is 0. The van der Waals surface area contributed by atoms with Crippen molar-refractivity contribution >= 4 is 27.7 Å². The highest BCUT2D eigenvalue weighted by Crippen LogP contribution is 2.69. The number of halogens is 1. The van der Waals surface area contributed by atoms with Crippen LogP contribution in [0.2, 0.25) is 0 Å². The molecule has 2 rings (SSSR count). The van der Waals surface area contributed by atoms with Crippen molar-refractivity contribution in [3.8, 4) is 0 Å². The Morgan fingerprint density at radius 2 is 2.17 bits per heavy atom. The van der Waals surface area contributed by atoms with Gasteiger partial charge in [-0.1, -0.05) is 48.9 Å².